The average molecular weight is 326 g/mol. The van der Waals surface area contributed by atoms with Gasteiger partial charge >= 0.3 is 5.97 Å². The van der Waals surface area contributed by atoms with Crippen molar-refractivity contribution in [1.82, 2.24) is 0 Å². The van der Waals surface area contributed by atoms with Gasteiger partial charge in [0.05, 0.1) is 7.11 Å². The molecule has 0 saturated heterocycles. The van der Waals surface area contributed by atoms with E-state index in [9.17, 15) is 4.79 Å². The molecule has 0 amide bonds. The van der Waals surface area contributed by atoms with E-state index in [2.05, 4.69) is 0 Å². The van der Waals surface area contributed by atoms with Gasteiger partial charge in [0.1, 0.15) is 5.60 Å². The molecule has 1 unspecified atom stereocenters. The first-order chi connectivity index (χ1) is 11.5. The molecule has 2 aromatic carbocycles. The number of methoxy groups -OCH3 is 1. The van der Waals surface area contributed by atoms with Gasteiger partial charge in [-0.1, -0.05) is 42.5 Å². The molecule has 126 valence electrons. The normalized spacial score (nSPS) is 16.0. The highest BCUT2D eigenvalue weighted by molar-refractivity contribution is 5.75. The molecule has 1 aliphatic heterocycles. The molecule has 1 aliphatic rings. The number of ether oxygens (including phenoxy) is 3. The maximum absolute atomic E-state index is 12.2. The SMILES string of the molecule is COC(=O)C(Cc1ccccc1)Oc1cccc2c1OC(C)(C)C2. The van der Waals surface area contributed by atoms with Crippen molar-refractivity contribution < 1.29 is 19.0 Å². The summed E-state index contributed by atoms with van der Waals surface area (Å²) in [4.78, 5) is 12.2. The van der Waals surface area contributed by atoms with E-state index >= 15 is 0 Å². The lowest BCUT2D eigenvalue weighted by Gasteiger charge is -2.21. The number of carbonyl (C=O) groups excluding carboxylic acids is 1. The Kier molecular flexibility index (Phi) is 4.47. The van der Waals surface area contributed by atoms with Crippen LogP contribution in [0.3, 0.4) is 0 Å². The maximum atomic E-state index is 12.2. The highest BCUT2D eigenvalue weighted by atomic mass is 16.6. The molecule has 0 bridgehead atoms. The first-order valence-corrected chi connectivity index (χ1v) is 8.08. The Hall–Kier alpha value is -2.49. The summed E-state index contributed by atoms with van der Waals surface area (Å²) >= 11 is 0. The molecule has 0 aliphatic carbocycles. The number of benzene rings is 2. The molecular formula is C20H22O4. The number of rotatable bonds is 5. The van der Waals surface area contributed by atoms with Gasteiger partial charge in [0.25, 0.3) is 0 Å². The van der Waals surface area contributed by atoms with E-state index < -0.39 is 12.1 Å². The minimum atomic E-state index is -0.712. The number of hydrogen-bond acceptors (Lipinski definition) is 4. The molecule has 0 radical (unpaired) electrons. The minimum absolute atomic E-state index is 0.262. The van der Waals surface area contributed by atoms with E-state index in [4.69, 9.17) is 14.2 Å². The summed E-state index contributed by atoms with van der Waals surface area (Å²) in [6, 6.07) is 15.5. The van der Waals surface area contributed by atoms with Crippen LogP contribution in [-0.2, 0) is 22.4 Å². The molecule has 0 aromatic heterocycles. The van der Waals surface area contributed by atoms with E-state index in [0.717, 1.165) is 23.3 Å². The van der Waals surface area contributed by atoms with E-state index in [1.807, 2.05) is 62.4 Å². The van der Waals surface area contributed by atoms with Gasteiger partial charge in [0.15, 0.2) is 17.6 Å². The van der Waals surface area contributed by atoms with Gasteiger partial charge in [0.2, 0.25) is 0 Å². The standard InChI is InChI=1S/C20H22O4/c1-20(2)13-15-10-7-11-16(18(15)24-20)23-17(19(21)22-3)12-14-8-5-4-6-9-14/h4-11,17H,12-13H2,1-3H3. The lowest BCUT2D eigenvalue weighted by molar-refractivity contribution is -0.148. The van der Waals surface area contributed by atoms with Gasteiger partial charge in [-0.25, -0.2) is 4.79 Å². The third kappa shape index (κ3) is 3.53. The molecule has 2 aromatic rings. The lowest BCUT2D eigenvalue weighted by Crippen LogP contribution is -2.31. The van der Waals surface area contributed by atoms with Gasteiger partial charge < -0.3 is 14.2 Å². The largest absolute Gasteiger partial charge is 0.483 e. The van der Waals surface area contributed by atoms with Crippen LogP contribution >= 0.6 is 0 Å². The van der Waals surface area contributed by atoms with Crippen LogP contribution in [0.4, 0.5) is 0 Å². The van der Waals surface area contributed by atoms with Crippen molar-refractivity contribution in [1.29, 1.82) is 0 Å². The predicted molar refractivity (Wildman–Crippen MR) is 91.4 cm³/mol. The van der Waals surface area contributed by atoms with Gasteiger partial charge in [0, 0.05) is 18.4 Å². The Morgan fingerprint density at radius 3 is 2.62 bits per heavy atom. The average Bonchev–Trinajstić information content (AvgIpc) is 2.89. The summed E-state index contributed by atoms with van der Waals surface area (Å²) in [6.07, 6.45) is 0.554. The van der Waals surface area contributed by atoms with E-state index in [1.54, 1.807) is 0 Å². The van der Waals surface area contributed by atoms with Crippen LogP contribution in [0, 0.1) is 0 Å². The number of esters is 1. The van der Waals surface area contributed by atoms with Crippen molar-refractivity contribution in [3.05, 3.63) is 59.7 Å². The molecule has 24 heavy (non-hydrogen) atoms. The predicted octanol–water partition coefficient (Wildman–Crippen LogP) is 3.56. The quantitative estimate of drug-likeness (QED) is 0.788. The first-order valence-electron chi connectivity index (χ1n) is 8.08. The summed E-state index contributed by atoms with van der Waals surface area (Å²) < 4.78 is 16.9. The van der Waals surface area contributed by atoms with Gasteiger partial charge in [-0.3, -0.25) is 0 Å². The highest BCUT2D eigenvalue weighted by Crippen LogP contribution is 2.42. The van der Waals surface area contributed by atoms with Gasteiger partial charge in [-0.2, -0.15) is 0 Å². The lowest BCUT2D eigenvalue weighted by atomic mass is 10.0. The fraction of sp³-hybridized carbons (Fsp3) is 0.350. The third-order valence-corrected chi connectivity index (χ3v) is 4.05. The van der Waals surface area contributed by atoms with Crippen molar-refractivity contribution in [2.45, 2.75) is 38.4 Å². The van der Waals surface area contributed by atoms with E-state index in [-0.39, 0.29) is 5.60 Å². The molecule has 4 nitrogen and oxygen atoms in total. The molecule has 0 spiro atoms. The van der Waals surface area contributed by atoms with Crippen molar-refractivity contribution in [3.63, 3.8) is 0 Å². The summed E-state index contributed by atoms with van der Waals surface area (Å²) in [5.74, 6) is 0.919. The first kappa shape index (κ1) is 16.4. The van der Waals surface area contributed by atoms with Crippen LogP contribution in [-0.4, -0.2) is 24.8 Å². The van der Waals surface area contributed by atoms with Crippen molar-refractivity contribution >= 4 is 5.97 Å². The summed E-state index contributed by atoms with van der Waals surface area (Å²) in [5.41, 5.74) is 1.85. The molecule has 1 heterocycles. The van der Waals surface area contributed by atoms with Gasteiger partial charge in [-0.05, 0) is 25.5 Å². The monoisotopic (exact) mass is 326 g/mol. The minimum Gasteiger partial charge on any atom is -0.483 e. The molecule has 0 N–H and O–H groups in total. The maximum Gasteiger partial charge on any atom is 0.347 e. The Morgan fingerprint density at radius 1 is 1.17 bits per heavy atom. The van der Waals surface area contributed by atoms with Gasteiger partial charge in [-0.15, -0.1) is 0 Å². The number of para-hydroxylation sites is 1. The fourth-order valence-corrected chi connectivity index (χ4v) is 2.97. The second-order valence-electron chi connectivity index (χ2n) is 6.60. The number of hydrogen-bond donors (Lipinski definition) is 0. The van der Waals surface area contributed by atoms with Crippen LogP contribution in [0.25, 0.3) is 0 Å². The molecule has 4 heteroatoms. The van der Waals surface area contributed by atoms with Crippen molar-refractivity contribution in [2.75, 3.05) is 7.11 Å². The zero-order valence-electron chi connectivity index (χ0n) is 14.2. The second kappa shape index (κ2) is 6.56. The Labute approximate surface area is 142 Å². The Morgan fingerprint density at radius 2 is 1.92 bits per heavy atom. The molecule has 0 fully saturated rings. The van der Waals surface area contributed by atoms with E-state index in [0.29, 0.717) is 12.2 Å². The topological polar surface area (TPSA) is 44.8 Å². The van der Waals surface area contributed by atoms with E-state index in [1.165, 1.54) is 7.11 Å². The van der Waals surface area contributed by atoms with Crippen LogP contribution in [0.15, 0.2) is 48.5 Å². The second-order valence-corrected chi connectivity index (χ2v) is 6.60. The van der Waals surface area contributed by atoms with Crippen molar-refractivity contribution in [2.24, 2.45) is 0 Å². The Bertz CT molecular complexity index is 722. The van der Waals surface area contributed by atoms with Crippen LogP contribution in [0.2, 0.25) is 0 Å². The molecule has 0 saturated carbocycles. The smallest absolute Gasteiger partial charge is 0.347 e. The zero-order valence-corrected chi connectivity index (χ0v) is 14.2. The summed E-state index contributed by atoms with van der Waals surface area (Å²) in [6.45, 7) is 4.08. The Balaban J connectivity index is 1.84. The third-order valence-electron chi connectivity index (χ3n) is 4.05. The summed E-state index contributed by atoms with van der Waals surface area (Å²) in [7, 11) is 1.37. The number of carbonyl (C=O) groups is 1. The van der Waals surface area contributed by atoms with Crippen molar-refractivity contribution in [3.8, 4) is 11.5 Å². The molecule has 3 rings (SSSR count). The number of fused-ring (bicyclic) bond motifs is 1. The molecule has 1 atom stereocenters. The van der Waals surface area contributed by atoms with Crippen LogP contribution < -0.4 is 9.47 Å². The van der Waals surface area contributed by atoms with Crippen LogP contribution in [0.5, 0.6) is 11.5 Å². The summed E-state index contributed by atoms with van der Waals surface area (Å²) in [5, 5.41) is 0. The van der Waals surface area contributed by atoms with Crippen LogP contribution in [0.1, 0.15) is 25.0 Å². The molecular weight excluding hydrogens is 304 g/mol. The zero-order chi connectivity index (χ0) is 17.2. The highest BCUT2D eigenvalue weighted by Gasteiger charge is 2.33. The fourth-order valence-electron chi connectivity index (χ4n) is 2.97.